The average molecular weight is 452 g/mol. The van der Waals surface area contributed by atoms with E-state index in [1.54, 1.807) is 0 Å². The van der Waals surface area contributed by atoms with Crippen molar-refractivity contribution in [2.45, 2.75) is 18.7 Å². The van der Waals surface area contributed by atoms with Crippen molar-refractivity contribution < 1.29 is 47.6 Å². The zero-order valence-corrected chi connectivity index (χ0v) is 20.3. The third-order valence-electron chi connectivity index (χ3n) is 4.93. The van der Waals surface area contributed by atoms with Gasteiger partial charge in [-0.15, -0.1) is 11.3 Å². The quantitative estimate of drug-likeness (QED) is 0.202. The standard InChI is InChI=1S/C20H18N2O5S2.Na/c1-3-22(4-2)11-5-8-15-16(9-11)28-20-17(21-15)14-10-12(29(25,26)27)6-7-13(14)18(23)19(20)24;/h5-10,24H,3-4H2,1-2H3,(H,25,26,27);/q;+1/p-1. The average Bonchev–Trinajstić information content (AvgIpc) is 2.70. The van der Waals surface area contributed by atoms with Gasteiger partial charge in [-0.25, -0.2) is 4.98 Å². The molecule has 1 aliphatic heterocycles. The van der Waals surface area contributed by atoms with Crippen molar-refractivity contribution >= 4 is 48.1 Å². The minimum atomic E-state index is -4.46. The summed E-state index contributed by atoms with van der Waals surface area (Å²) >= 11 is 1.16. The first-order chi connectivity index (χ1) is 13.7. The van der Waals surface area contributed by atoms with Crippen LogP contribution in [0.15, 0.2) is 46.1 Å². The van der Waals surface area contributed by atoms with Crippen LogP contribution in [0.3, 0.4) is 0 Å². The summed E-state index contributed by atoms with van der Waals surface area (Å²) in [6.45, 7) is 5.75. The minimum Gasteiger partial charge on any atom is -0.869 e. The van der Waals surface area contributed by atoms with Crippen LogP contribution in [0.2, 0.25) is 0 Å². The molecule has 4 rings (SSSR count). The molecule has 150 valence electrons. The second kappa shape index (κ2) is 8.41. The Balaban J connectivity index is 0.00000256. The maximum Gasteiger partial charge on any atom is 1.00 e. The van der Waals surface area contributed by atoms with Gasteiger partial charge in [-0.2, -0.15) is 8.42 Å². The number of rotatable bonds is 4. The first-order valence-electron chi connectivity index (χ1n) is 8.98. The first-order valence-corrected chi connectivity index (χ1v) is 11.2. The van der Waals surface area contributed by atoms with E-state index in [4.69, 9.17) is 0 Å². The van der Waals surface area contributed by atoms with Crippen LogP contribution < -0.4 is 45.0 Å². The van der Waals surface area contributed by atoms with Crippen molar-refractivity contribution in [3.63, 3.8) is 0 Å². The molecule has 1 N–H and O–H groups in total. The van der Waals surface area contributed by atoms with Gasteiger partial charge < -0.3 is 10.0 Å². The van der Waals surface area contributed by atoms with Crippen LogP contribution in [0.25, 0.3) is 31.6 Å². The molecule has 1 aliphatic carbocycles. The van der Waals surface area contributed by atoms with E-state index in [1.807, 2.05) is 32.0 Å². The summed E-state index contributed by atoms with van der Waals surface area (Å²) in [5.41, 5.74) is 1.16. The van der Waals surface area contributed by atoms with E-state index in [-0.39, 0.29) is 55.8 Å². The van der Waals surface area contributed by atoms with Gasteiger partial charge in [-0.05, 0) is 56.0 Å². The number of hydrogen-bond donors (Lipinski definition) is 1. The van der Waals surface area contributed by atoms with E-state index >= 15 is 0 Å². The molecule has 0 spiro atoms. The summed E-state index contributed by atoms with van der Waals surface area (Å²) in [4.78, 5) is 19.1. The van der Waals surface area contributed by atoms with Gasteiger partial charge in [0.25, 0.3) is 10.1 Å². The molecule has 2 aliphatic rings. The van der Waals surface area contributed by atoms with E-state index < -0.39 is 21.3 Å². The van der Waals surface area contributed by atoms with Crippen LogP contribution >= 0.6 is 11.3 Å². The summed E-state index contributed by atoms with van der Waals surface area (Å²) in [6.07, 6.45) is 0. The zero-order chi connectivity index (χ0) is 20.9. The monoisotopic (exact) mass is 452 g/mol. The van der Waals surface area contributed by atoms with Gasteiger partial charge in [0.2, 0.25) is 0 Å². The second-order valence-corrected chi connectivity index (χ2v) is 9.03. The largest absolute Gasteiger partial charge is 1.00 e. The van der Waals surface area contributed by atoms with Crippen molar-refractivity contribution in [3.05, 3.63) is 46.6 Å². The molecule has 0 amide bonds. The van der Waals surface area contributed by atoms with E-state index in [9.17, 15) is 22.9 Å². The Bertz CT molecular complexity index is 1400. The van der Waals surface area contributed by atoms with Gasteiger partial charge in [0, 0.05) is 29.5 Å². The van der Waals surface area contributed by atoms with Gasteiger partial charge in [-0.1, -0.05) is 0 Å². The van der Waals surface area contributed by atoms with Crippen molar-refractivity contribution in [2.24, 2.45) is 0 Å². The van der Waals surface area contributed by atoms with Crippen LogP contribution in [-0.2, 0) is 10.1 Å². The molecule has 0 aromatic heterocycles. The Labute approximate surface area is 199 Å². The summed E-state index contributed by atoms with van der Waals surface area (Å²) in [7, 11) is -4.46. The number of nitrogens with zero attached hydrogens (tertiary/aromatic N) is 2. The zero-order valence-electron chi connectivity index (χ0n) is 16.7. The summed E-state index contributed by atoms with van der Waals surface area (Å²) < 4.78 is 33.2. The normalized spacial score (nSPS) is 11.7. The van der Waals surface area contributed by atoms with Crippen LogP contribution in [0, 0.1) is 0 Å². The van der Waals surface area contributed by atoms with Gasteiger partial charge in [0.05, 0.1) is 25.7 Å². The maximum atomic E-state index is 12.7. The molecule has 30 heavy (non-hydrogen) atoms. The number of benzene rings is 3. The Kier molecular flexibility index (Phi) is 6.43. The van der Waals surface area contributed by atoms with Gasteiger partial charge >= 0.3 is 29.6 Å². The predicted octanol–water partition coefficient (Wildman–Crippen LogP) is 0.0850. The Morgan fingerprint density at radius 1 is 1.10 bits per heavy atom. The molecule has 0 unspecified atom stereocenters. The molecule has 2 aromatic rings. The molecule has 0 saturated carbocycles. The summed E-state index contributed by atoms with van der Waals surface area (Å²) in [5, 5.41) is 13.0. The van der Waals surface area contributed by atoms with Crippen LogP contribution in [0.1, 0.15) is 13.8 Å². The van der Waals surface area contributed by atoms with Gasteiger partial charge in [0.1, 0.15) is 0 Å². The van der Waals surface area contributed by atoms with Crippen molar-refractivity contribution in [3.8, 4) is 16.3 Å². The summed E-state index contributed by atoms with van der Waals surface area (Å²) in [6, 6.07) is 9.23. The molecule has 10 heteroatoms. The van der Waals surface area contributed by atoms with Crippen LogP contribution in [0.4, 0.5) is 5.69 Å². The minimum absolute atomic E-state index is 0. The van der Waals surface area contributed by atoms with Gasteiger partial charge in [-0.3, -0.25) is 9.35 Å². The Hall–Kier alpha value is -1.75. The van der Waals surface area contributed by atoms with Crippen LogP contribution in [0.5, 0.6) is 5.75 Å². The third kappa shape index (κ3) is 3.81. The topological polar surface area (TPSA) is 111 Å². The van der Waals surface area contributed by atoms with Crippen molar-refractivity contribution in [2.75, 3.05) is 18.0 Å². The molecule has 0 radical (unpaired) electrons. The number of fused-ring (bicyclic) bond motifs is 4. The number of hydrogen-bond acceptors (Lipinski definition) is 7. The molecule has 1 heterocycles. The second-order valence-electron chi connectivity index (χ2n) is 6.56. The molecular weight excluding hydrogens is 435 g/mol. The summed E-state index contributed by atoms with van der Waals surface area (Å²) in [5.74, 6) is -0.667. The fourth-order valence-electron chi connectivity index (χ4n) is 3.43. The molecule has 0 saturated heterocycles. The van der Waals surface area contributed by atoms with Gasteiger partial charge in [0.15, 0.2) is 5.43 Å². The molecule has 7 nitrogen and oxygen atoms in total. The maximum absolute atomic E-state index is 12.7. The van der Waals surface area contributed by atoms with E-state index in [0.29, 0.717) is 5.52 Å². The SMILES string of the molecule is CCN(CC)c1ccc2nc3c4cc(S(=O)(=O)O)ccc4c(=O)c([O-])c-3sc2c1.[Na+]. The number of anilines is 1. The smallest absolute Gasteiger partial charge is 0.869 e. The molecule has 2 aromatic carbocycles. The Morgan fingerprint density at radius 2 is 1.80 bits per heavy atom. The third-order valence-corrected chi connectivity index (χ3v) is 6.91. The molecular formula is C20H17N2NaO5S2. The van der Waals surface area contributed by atoms with Crippen LogP contribution in [-0.4, -0.2) is 31.0 Å². The Morgan fingerprint density at radius 3 is 2.43 bits per heavy atom. The van der Waals surface area contributed by atoms with E-state index in [1.165, 1.54) is 12.1 Å². The molecule has 0 atom stereocenters. The molecule has 0 fully saturated rings. The van der Waals surface area contributed by atoms with E-state index in [2.05, 4.69) is 9.88 Å². The number of aromatic nitrogens is 1. The first kappa shape index (κ1) is 22.9. The fourth-order valence-corrected chi connectivity index (χ4v) is 4.99. The van der Waals surface area contributed by atoms with Crippen molar-refractivity contribution in [1.29, 1.82) is 0 Å². The fraction of sp³-hybridized carbons (Fsp3) is 0.200. The predicted molar refractivity (Wildman–Crippen MR) is 113 cm³/mol. The van der Waals surface area contributed by atoms with E-state index in [0.717, 1.165) is 40.9 Å². The van der Waals surface area contributed by atoms with Crippen molar-refractivity contribution in [1.82, 2.24) is 4.98 Å². The molecule has 0 bridgehead atoms.